The number of carbonyl (C=O) groups is 1. The summed E-state index contributed by atoms with van der Waals surface area (Å²) < 4.78 is 0. The highest BCUT2D eigenvalue weighted by atomic mass is 16.1. The molecule has 2 aliphatic rings. The normalized spacial score (nSPS) is 27.2. The summed E-state index contributed by atoms with van der Waals surface area (Å²) in [7, 11) is 2.11. The Morgan fingerprint density at radius 3 is 2.88 bits per heavy atom. The predicted octanol–water partition coefficient (Wildman–Crippen LogP) is 1.83. The minimum atomic E-state index is 0.0592. The van der Waals surface area contributed by atoms with Gasteiger partial charge in [-0.3, -0.25) is 15.6 Å². The van der Waals surface area contributed by atoms with Crippen molar-refractivity contribution < 1.29 is 4.79 Å². The summed E-state index contributed by atoms with van der Waals surface area (Å²) in [6.45, 7) is 3.82. The van der Waals surface area contributed by atoms with Crippen LogP contribution in [-0.2, 0) is 4.79 Å². The molecule has 1 saturated heterocycles. The highest BCUT2D eigenvalue weighted by molar-refractivity contribution is 5.76. The molecule has 0 spiro atoms. The Bertz CT molecular complexity index is 535. The van der Waals surface area contributed by atoms with E-state index in [1.165, 1.54) is 19.3 Å². The smallest absolute Gasteiger partial charge is 0.221 e. The van der Waals surface area contributed by atoms with Gasteiger partial charge in [0, 0.05) is 31.6 Å². The van der Waals surface area contributed by atoms with E-state index in [1.807, 2.05) is 37.3 Å². The van der Waals surface area contributed by atoms with E-state index in [1.54, 1.807) is 0 Å². The second kappa shape index (κ2) is 8.10. The van der Waals surface area contributed by atoms with Crippen molar-refractivity contribution in [1.82, 2.24) is 21.1 Å². The average Bonchev–Trinajstić information content (AvgIpc) is 3.19. The molecular formula is C19H30N4O. The van der Waals surface area contributed by atoms with Crippen molar-refractivity contribution >= 4 is 5.91 Å². The van der Waals surface area contributed by atoms with Crippen molar-refractivity contribution in [3.63, 3.8) is 0 Å². The molecule has 132 valence electrons. The Balaban J connectivity index is 1.38. The van der Waals surface area contributed by atoms with Crippen molar-refractivity contribution in [2.24, 2.45) is 5.92 Å². The second-order valence-electron chi connectivity index (χ2n) is 7.31. The number of nitrogens with one attached hydrogen (secondary N) is 3. The van der Waals surface area contributed by atoms with E-state index in [-0.39, 0.29) is 11.9 Å². The lowest BCUT2D eigenvalue weighted by Crippen LogP contribution is -2.42. The molecule has 0 aromatic heterocycles. The lowest BCUT2D eigenvalue weighted by molar-refractivity contribution is -0.122. The van der Waals surface area contributed by atoms with E-state index in [0.717, 1.165) is 24.6 Å². The molecule has 1 heterocycles. The molecule has 2 fully saturated rings. The first kappa shape index (κ1) is 17.4. The van der Waals surface area contributed by atoms with Crippen LogP contribution in [0.4, 0.5) is 0 Å². The quantitative estimate of drug-likeness (QED) is 0.714. The van der Waals surface area contributed by atoms with Crippen LogP contribution in [0.2, 0.25) is 0 Å². The van der Waals surface area contributed by atoms with E-state index in [9.17, 15) is 4.79 Å². The third kappa shape index (κ3) is 4.35. The maximum absolute atomic E-state index is 12.2. The first-order valence-corrected chi connectivity index (χ1v) is 9.17. The van der Waals surface area contributed by atoms with E-state index in [0.29, 0.717) is 18.5 Å². The van der Waals surface area contributed by atoms with Gasteiger partial charge in [-0.15, -0.1) is 0 Å². The number of hydrogen-bond donors (Lipinski definition) is 3. The molecule has 0 radical (unpaired) electrons. The fourth-order valence-electron chi connectivity index (χ4n) is 4.01. The summed E-state index contributed by atoms with van der Waals surface area (Å²) >= 11 is 0. The third-order valence-corrected chi connectivity index (χ3v) is 5.45. The molecule has 0 bridgehead atoms. The third-order valence-electron chi connectivity index (χ3n) is 5.45. The van der Waals surface area contributed by atoms with E-state index in [4.69, 9.17) is 0 Å². The van der Waals surface area contributed by atoms with Gasteiger partial charge >= 0.3 is 0 Å². The summed E-state index contributed by atoms with van der Waals surface area (Å²) in [5.74, 6) is 0.869. The molecule has 1 aliphatic heterocycles. The monoisotopic (exact) mass is 330 g/mol. The van der Waals surface area contributed by atoms with E-state index in [2.05, 4.69) is 28.1 Å². The van der Waals surface area contributed by atoms with Crippen LogP contribution in [0.25, 0.3) is 0 Å². The number of rotatable bonds is 7. The average molecular weight is 330 g/mol. The number of likely N-dealkylation sites (N-methyl/N-ethyl adjacent to an activating group) is 1. The molecule has 1 aromatic carbocycles. The van der Waals surface area contributed by atoms with Gasteiger partial charge in [-0.05, 0) is 38.3 Å². The van der Waals surface area contributed by atoms with Gasteiger partial charge in [0.15, 0.2) is 0 Å². The molecule has 3 N–H and O–H groups in total. The molecule has 24 heavy (non-hydrogen) atoms. The highest BCUT2D eigenvalue weighted by Gasteiger charge is 2.39. The lowest BCUT2D eigenvalue weighted by atomic mass is 9.97. The van der Waals surface area contributed by atoms with Crippen molar-refractivity contribution in [2.75, 3.05) is 20.1 Å². The van der Waals surface area contributed by atoms with Gasteiger partial charge in [-0.25, -0.2) is 0 Å². The minimum Gasteiger partial charge on any atom is -0.350 e. The number of amides is 1. The number of benzene rings is 1. The Hall–Kier alpha value is -1.43. The van der Waals surface area contributed by atoms with Crippen molar-refractivity contribution in [3.8, 4) is 0 Å². The molecule has 1 saturated carbocycles. The Morgan fingerprint density at radius 1 is 1.29 bits per heavy atom. The Morgan fingerprint density at radius 2 is 2.08 bits per heavy atom. The fraction of sp³-hybridized carbons (Fsp3) is 0.632. The molecule has 3 rings (SSSR count). The number of hydrazine groups is 1. The summed E-state index contributed by atoms with van der Waals surface area (Å²) in [5, 5.41) is 3.09. The maximum atomic E-state index is 12.2. The molecule has 1 aliphatic carbocycles. The largest absolute Gasteiger partial charge is 0.350 e. The second-order valence-corrected chi connectivity index (χ2v) is 7.31. The van der Waals surface area contributed by atoms with Crippen molar-refractivity contribution in [2.45, 2.75) is 50.7 Å². The number of nitrogens with zero attached hydrogens (tertiary/aromatic N) is 1. The number of hydrogen-bond acceptors (Lipinski definition) is 4. The maximum Gasteiger partial charge on any atom is 0.221 e. The van der Waals surface area contributed by atoms with Crippen LogP contribution < -0.4 is 16.2 Å². The Kier molecular flexibility index (Phi) is 5.87. The van der Waals surface area contributed by atoms with Crippen LogP contribution in [-0.4, -0.2) is 43.0 Å². The Labute approximate surface area is 145 Å². The van der Waals surface area contributed by atoms with Gasteiger partial charge in [0.2, 0.25) is 5.91 Å². The van der Waals surface area contributed by atoms with E-state index >= 15 is 0 Å². The lowest BCUT2D eigenvalue weighted by Gasteiger charge is -2.24. The van der Waals surface area contributed by atoms with Gasteiger partial charge < -0.3 is 10.2 Å². The standard InChI is InChI=1S/C19H30N4O/c1-14(15-7-4-3-5-8-15)20-19(24)11-12-23(2)13-18-16-9-6-10-17(16)21-22-18/h3-5,7-8,14,16-18,21-22H,6,9-13H2,1-2H3,(H,20,24). The SMILES string of the molecule is CC(NC(=O)CCN(C)CC1NNC2CCCC21)c1ccccc1. The summed E-state index contributed by atoms with van der Waals surface area (Å²) in [6.07, 6.45) is 4.49. The summed E-state index contributed by atoms with van der Waals surface area (Å²) in [5.41, 5.74) is 8.01. The molecule has 1 amide bonds. The zero-order valence-corrected chi connectivity index (χ0v) is 14.8. The van der Waals surface area contributed by atoms with E-state index < -0.39 is 0 Å². The van der Waals surface area contributed by atoms with Gasteiger partial charge in [0.25, 0.3) is 0 Å². The van der Waals surface area contributed by atoms with Crippen LogP contribution in [0.15, 0.2) is 30.3 Å². The molecule has 1 aromatic rings. The van der Waals surface area contributed by atoms with Gasteiger partial charge in [0.1, 0.15) is 0 Å². The molecule has 4 unspecified atom stereocenters. The van der Waals surface area contributed by atoms with Gasteiger partial charge in [-0.2, -0.15) is 0 Å². The van der Waals surface area contributed by atoms with Crippen LogP contribution in [0, 0.1) is 5.92 Å². The minimum absolute atomic E-state index is 0.0592. The molecular weight excluding hydrogens is 300 g/mol. The van der Waals surface area contributed by atoms with Crippen LogP contribution >= 0.6 is 0 Å². The molecule has 4 atom stereocenters. The molecule has 5 nitrogen and oxygen atoms in total. The van der Waals surface area contributed by atoms with Crippen LogP contribution in [0.1, 0.15) is 44.2 Å². The van der Waals surface area contributed by atoms with Gasteiger partial charge in [-0.1, -0.05) is 36.8 Å². The van der Waals surface area contributed by atoms with Crippen LogP contribution in [0.5, 0.6) is 0 Å². The summed E-state index contributed by atoms with van der Waals surface area (Å²) in [6, 6.07) is 11.3. The van der Waals surface area contributed by atoms with Gasteiger partial charge in [0.05, 0.1) is 6.04 Å². The predicted molar refractivity (Wildman–Crippen MR) is 96.3 cm³/mol. The fourth-order valence-corrected chi connectivity index (χ4v) is 4.01. The highest BCUT2D eigenvalue weighted by Crippen LogP contribution is 2.31. The topological polar surface area (TPSA) is 56.4 Å². The van der Waals surface area contributed by atoms with Crippen LogP contribution in [0.3, 0.4) is 0 Å². The zero-order valence-electron chi connectivity index (χ0n) is 14.8. The zero-order chi connectivity index (χ0) is 16.9. The summed E-state index contributed by atoms with van der Waals surface area (Å²) in [4.78, 5) is 14.5. The number of carbonyl (C=O) groups excluding carboxylic acids is 1. The van der Waals surface area contributed by atoms with Crippen molar-refractivity contribution in [1.29, 1.82) is 0 Å². The first-order chi connectivity index (χ1) is 11.6. The first-order valence-electron chi connectivity index (χ1n) is 9.17. The number of fused-ring (bicyclic) bond motifs is 1. The molecule has 5 heteroatoms. The van der Waals surface area contributed by atoms with Crippen molar-refractivity contribution in [3.05, 3.63) is 35.9 Å².